The number of benzene rings is 2. The molecule has 2 aromatic carbocycles. The molecule has 1 saturated heterocycles. The number of nitrogens with one attached hydrogen (secondary N) is 1. The number of para-hydroxylation sites is 1. The van der Waals surface area contributed by atoms with Gasteiger partial charge in [0, 0.05) is 23.1 Å². The number of likely N-dealkylation sites (tertiary alicyclic amines) is 1. The van der Waals surface area contributed by atoms with E-state index >= 15 is 0 Å². The van der Waals surface area contributed by atoms with Crippen LogP contribution in [0.5, 0.6) is 5.75 Å². The van der Waals surface area contributed by atoms with E-state index in [0.29, 0.717) is 16.5 Å². The van der Waals surface area contributed by atoms with E-state index in [1.165, 1.54) is 0 Å². The first-order valence-electron chi connectivity index (χ1n) is 8.65. The molecule has 0 atom stereocenters. The molecule has 0 radical (unpaired) electrons. The van der Waals surface area contributed by atoms with Crippen LogP contribution >= 0.6 is 28.1 Å². The van der Waals surface area contributed by atoms with Crippen molar-refractivity contribution < 1.29 is 9.53 Å². The van der Waals surface area contributed by atoms with E-state index in [2.05, 4.69) is 33.1 Å². The lowest BCUT2D eigenvalue weighted by molar-refractivity contribution is 0.102. The van der Waals surface area contributed by atoms with Gasteiger partial charge in [-0.3, -0.25) is 4.79 Å². The highest BCUT2D eigenvalue weighted by Crippen LogP contribution is 2.23. The minimum absolute atomic E-state index is 0.170. The molecule has 1 heterocycles. The van der Waals surface area contributed by atoms with E-state index in [-0.39, 0.29) is 5.91 Å². The molecule has 2 aromatic rings. The van der Waals surface area contributed by atoms with Crippen LogP contribution in [-0.4, -0.2) is 29.1 Å². The summed E-state index contributed by atoms with van der Waals surface area (Å²) in [4.78, 5) is 14.5. The quantitative estimate of drug-likeness (QED) is 0.685. The average Bonchev–Trinajstić information content (AvgIpc) is 2.64. The topological polar surface area (TPSA) is 41.6 Å². The van der Waals surface area contributed by atoms with Crippen molar-refractivity contribution in [3.05, 3.63) is 58.6 Å². The number of amides is 1. The van der Waals surface area contributed by atoms with Crippen molar-refractivity contribution in [2.45, 2.75) is 19.8 Å². The lowest BCUT2D eigenvalue weighted by Gasteiger charge is -2.31. The molecule has 3 rings (SSSR count). The van der Waals surface area contributed by atoms with Crippen LogP contribution in [0.3, 0.4) is 0 Å². The van der Waals surface area contributed by atoms with Crippen LogP contribution in [0.4, 0.5) is 5.69 Å². The van der Waals surface area contributed by atoms with Gasteiger partial charge in [-0.1, -0.05) is 19.1 Å². The normalized spacial score (nSPS) is 14.8. The molecule has 0 aromatic heterocycles. The van der Waals surface area contributed by atoms with Crippen LogP contribution in [0.25, 0.3) is 0 Å². The fourth-order valence-corrected chi connectivity index (χ4v) is 3.45. The zero-order valence-corrected chi connectivity index (χ0v) is 17.0. The molecule has 0 aliphatic carbocycles. The number of anilines is 1. The van der Waals surface area contributed by atoms with E-state index in [9.17, 15) is 4.79 Å². The number of nitrogens with zero attached hydrogens (tertiary/aromatic N) is 1. The zero-order valence-electron chi connectivity index (χ0n) is 14.6. The van der Waals surface area contributed by atoms with Crippen molar-refractivity contribution in [1.29, 1.82) is 0 Å². The molecule has 0 saturated carbocycles. The highest BCUT2D eigenvalue weighted by atomic mass is 79.9. The third kappa shape index (κ3) is 4.83. The van der Waals surface area contributed by atoms with E-state index in [0.717, 1.165) is 42.0 Å². The number of thiocarbonyl (C=S) groups is 1. The van der Waals surface area contributed by atoms with Gasteiger partial charge >= 0.3 is 0 Å². The molecule has 1 N–H and O–H groups in total. The molecule has 1 aliphatic heterocycles. The van der Waals surface area contributed by atoms with Gasteiger partial charge in [0.15, 0.2) is 0 Å². The number of carbonyl (C=O) groups is 1. The van der Waals surface area contributed by atoms with Gasteiger partial charge < -0.3 is 15.0 Å². The van der Waals surface area contributed by atoms with Gasteiger partial charge in [0.2, 0.25) is 0 Å². The van der Waals surface area contributed by atoms with Crippen LogP contribution in [0.1, 0.15) is 30.1 Å². The van der Waals surface area contributed by atoms with E-state index in [1.807, 2.05) is 24.3 Å². The highest BCUT2D eigenvalue weighted by molar-refractivity contribution is 9.10. The summed E-state index contributed by atoms with van der Waals surface area (Å²) < 4.78 is 6.62. The SMILES string of the molecule is CC1CCN(C(=S)Oc2ccc(C(=O)Nc3ccccc3Br)cc2)CC1. The maximum Gasteiger partial charge on any atom is 0.264 e. The second-order valence-corrected chi connectivity index (χ2v) is 7.70. The highest BCUT2D eigenvalue weighted by Gasteiger charge is 2.19. The van der Waals surface area contributed by atoms with Gasteiger partial charge in [0.1, 0.15) is 5.75 Å². The maximum absolute atomic E-state index is 12.4. The van der Waals surface area contributed by atoms with Crippen molar-refractivity contribution >= 4 is 44.9 Å². The summed E-state index contributed by atoms with van der Waals surface area (Å²) in [5.41, 5.74) is 1.30. The predicted octanol–water partition coefficient (Wildman–Crippen LogP) is 5.10. The zero-order chi connectivity index (χ0) is 18.5. The largest absolute Gasteiger partial charge is 0.432 e. The Labute approximate surface area is 167 Å². The second-order valence-electron chi connectivity index (χ2n) is 6.50. The summed E-state index contributed by atoms with van der Waals surface area (Å²) in [5, 5.41) is 3.38. The first kappa shape index (κ1) is 18.9. The molecule has 0 unspecified atom stereocenters. The molecule has 136 valence electrons. The number of hydrogen-bond donors (Lipinski definition) is 1. The third-order valence-electron chi connectivity index (χ3n) is 4.49. The molecule has 26 heavy (non-hydrogen) atoms. The number of carbonyl (C=O) groups excluding carboxylic acids is 1. The Bertz CT molecular complexity index is 787. The van der Waals surface area contributed by atoms with Gasteiger partial charge in [0.05, 0.1) is 5.69 Å². The summed E-state index contributed by atoms with van der Waals surface area (Å²) in [5.74, 6) is 1.22. The minimum atomic E-state index is -0.170. The lowest BCUT2D eigenvalue weighted by atomic mass is 10.00. The van der Waals surface area contributed by atoms with Gasteiger partial charge in [0.25, 0.3) is 11.1 Å². The van der Waals surface area contributed by atoms with Crippen LogP contribution in [-0.2, 0) is 0 Å². The summed E-state index contributed by atoms with van der Waals surface area (Å²) in [6, 6.07) is 14.5. The molecule has 0 bridgehead atoms. The molecule has 0 spiro atoms. The van der Waals surface area contributed by atoms with Crippen LogP contribution in [0.2, 0.25) is 0 Å². The van der Waals surface area contributed by atoms with Gasteiger partial charge in [-0.15, -0.1) is 0 Å². The summed E-state index contributed by atoms with van der Waals surface area (Å²) in [6.45, 7) is 4.14. The Morgan fingerprint density at radius 1 is 1.15 bits per heavy atom. The predicted molar refractivity (Wildman–Crippen MR) is 112 cm³/mol. The molecule has 1 amide bonds. The summed E-state index contributed by atoms with van der Waals surface area (Å²) in [6.07, 6.45) is 2.27. The Morgan fingerprint density at radius 2 is 1.81 bits per heavy atom. The monoisotopic (exact) mass is 432 g/mol. The summed E-state index contributed by atoms with van der Waals surface area (Å²) >= 11 is 8.82. The minimum Gasteiger partial charge on any atom is -0.432 e. The Balaban J connectivity index is 1.58. The van der Waals surface area contributed by atoms with Crippen LogP contribution in [0, 0.1) is 5.92 Å². The number of piperidine rings is 1. The molecule has 1 fully saturated rings. The van der Waals surface area contributed by atoms with E-state index in [1.54, 1.807) is 24.3 Å². The number of rotatable bonds is 3. The van der Waals surface area contributed by atoms with Gasteiger partial charge in [-0.05, 0) is 83.3 Å². The fraction of sp³-hybridized carbons (Fsp3) is 0.300. The third-order valence-corrected chi connectivity index (χ3v) is 5.52. The first-order chi connectivity index (χ1) is 12.5. The summed E-state index contributed by atoms with van der Waals surface area (Å²) in [7, 11) is 0. The smallest absolute Gasteiger partial charge is 0.264 e. The Kier molecular flexibility index (Phi) is 6.27. The van der Waals surface area contributed by atoms with Gasteiger partial charge in [-0.25, -0.2) is 0 Å². The second kappa shape index (κ2) is 8.64. The number of hydrogen-bond acceptors (Lipinski definition) is 3. The van der Waals surface area contributed by atoms with E-state index < -0.39 is 0 Å². The first-order valence-corrected chi connectivity index (χ1v) is 9.86. The molecule has 6 heteroatoms. The average molecular weight is 433 g/mol. The van der Waals surface area contributed by atoms with Crippen LogP contribution in [0.15, 0.2) is 53.0 Å². The van der Waals surface area contributed by atoms with Crippen molar-refractivity contribution in [3.63, 3.8) is 0 Å². The fourth-order valence-electron chi connectivity index (χ4n) is 2.79. The maximum atomic E-state index is 12.4. The Hall–Kier alpha value is -1.92. The van der Waals surface area contributed by atoms with Crippen molar-refractivity contribution in [2.24, 2.45) is 5.92 Å². The molecular formula is C20H21BrN2O2S. The molecule has 4 nitrogen and oxygen atoms in total. The Morgan fingerprint density at radius 3 is 2.46 bits per heavy atom. The standard InChI is InChI=1S/C20H21BrN2O2S/c1-14-10-12-23(13-11-14)20(26)25-16-8-6-15(7-9-16)19(24)22-18-5-3-2-4-17(18)21/h2-9,14H,10-13H2,1H3,(H,22,24). The molecular weight excluding hydrogens is 412 g/mol. The van der Waals surface area contributed by atoms with E-state index in [4.69, 9.17) is 17.0 Å². The van der Waals surface area contributed by atoms with Crippen molar-refractivity contribution in [3.8, 4) is 5.75 Å². The number of halogens is 1. The van der Waals surface area contributed by atoms with Crippen molar-refractivity contribution in [1.82, 2.24) is 4.90 Å². The van der Waals surface area contributed by atoms with Crippen LogP contribution < -0.4 is 10.1 Å². The number of ether oxygens (including phenoxy) is 1. The van der Waals surface area contributed by atoms with Gasteiger partial charge in [-0.2, -0.15) is 0 Å². The lowest BCUT2D eigenvalue weighted by Crippen LogP contribution is -2.39. The van der Waals surface area contributed by atoms with Crippen molar-refractivity contribution in [2.75, 3.05) is 18.4 Å². The molecule has 1 aliphatic rings.